The summed E-state index contributed by atoms with van der Waals surface area (Å²) >= 11 is 0. The number of Topliss-reactive ketones (excluding diaryl/α,β-unsaturated/α-hetero) is 1. The highest BCUT2D eigenvalue weighted by Gasteiger charge is 2.05. The van der Waals surface area contributed by atoms with Crippen molar-refractivity contribution < 1.29 is 19.1 Å². The fraction of sp³-hybridized carbons (Fsp3) is 0.231. The predicted molar refractivity (Wildman–Crippen MR) is 61.9 cm³/mol. The Morgan fingerprint density at radius 3 is 2.47 bits per heavy atom. The van der Waals surface area contributed by atoms with Crippen molar-refractivity contribution in [2.24, 2.45) is 0 Å². The molecule has 0 aliphatic rings. The Morgan fingerprint density at radius 2 is 1.94 bits per heavy atom. The van der Waals surface area contributed by atoms with Gasteiger partial charge in [0.2, 0.25) is 0 Å². The third-order valence-electron chi connectivity index (χ3n) is 2.09. The molecule has 0 bridgehead atoms. The summed E-state index contributed by atoms with van der Waals surface area (Å²) in [5.41, 5.74) is 0.991. The number of methoxy groups -OCH3 is 2. The molecule has 0 aliphatic carbocycles. The fourth-order valence-electron chi connectivity index (χ4n) is 1.19. The van der Waals surface area contributed by atoms with E-state index in [4.69, 9.17) is 4.74 Å². The standard InChI is InChI=1S/C13H12O4/c1-9(14)10-4-6-12(16-2)11(8-10)5-7-13(15)17-3/h4,6,8H,1-3H3. The van der Waals surface area contributed by atoms with Crippen molar-refractivity contribution >= 4 is 11.8 Å². The monoisotopic (exact) mass is 232 g/mol. The first-order valence-corrected chi connectivity index (χ1v) is 4.87. The van der Waals surface area contributed by atoms with Gasteiger partial charge < -0.3 is 9.47 Å². The summed E-state index contributed by atoms with van der Waals surface area (Å²) in [5.74, 6) is 4.69. The number of carbonyl (C=O) groups is 2. The van der Waals surface area contributed by atoms with Crippen LogP contribution in [0.1, 0.15) is 22.8 Å². The molecule has 4 nitrogen and oxygen atoms in total. The van der Waals surface area contributed by atoms with Gasteiger partial charge >= 0.3 is 5.97 Å². The topological polar surface area (TPSA) is 52.6 Å². The number of hydrogen-bond acceptors (Lipinski definition) is 4. The van der Waals surface area contributed by atoms with Gasteiger partial charge in [0.05, 0.1) is 19.8 Å². The van der Waals surface area contributed by atoms with Crippen molar-refractivity contribution in [1.82, 2.24) is 0 Å². The number of esters is 1. The van der Waals surface area contributed by atoms with Gasteiger partial charge in [0.15, 0.2) is 5.78 Å². The Morgan fingerprint density at radius 1 is 1.24 bits per heavy atom. The lowest BCUT2D eigenvalue weighted by Crippen LogP contribution is -1.97. The van der Waals surface area contributed by atoms with Crippen molar-refractivity contribution in [2.75, 3.05) is 14.2 Å². The zero-order chi connectivity index (χ0) is 12.8. The van der Waals surface area contributed by atoms with Crippen molar-refractivity contribution in [3.8, 4) is 17.6 Å². The average molecular weight is 232 g/mol. The lowest BCUT2D eigenvalue weighted by molar-refractivity contribution is -0.133. The fourth-order valence-corrected chi connectivity index (χ4v) is 1.19. The van der Waals surface area contributed by atoms with Gasteiger partial charge in [0, 0.05) is 11.5 Å². The highest BCUT2D eigenvalue weighted by Crippen LogP contribution is 2.19. The number of hydrogen-bond donors (Lipinski definition) is 0. The van der Waals surface area contributed by atoms with E-state index in [0.29, 0.717) is 16.9 Å². The first-order chi connectivity index (χ1) is 8.08. The van der Waals surface area contributed by atoms with E-state index >= 15 is 0 Å². The van der Waals surface area contributed by atoms with Crippen LogP contribution in [-0.2, 0) is 9.53 Å². The molecule has 0 atom stereocenters. The Bertz CT molecular complexity index is 506. The van der Waals surface area contributed by atoms with E-state index in [1.807, 2.05) is 0 Å². The molecule has 0 amide bonds. The van der Waals surface area contributed by atoms with E-state index < -0.39 is 5.97 Å². The van der Waals surface area contributed by atoms with Crippen molar-refractivity contribution in [3.05, 3.63) is 29.3 Å². The van der Waals surface area contributed by atoms with Crippen LogP contribution in [0.15, 0.2) is 18.2 Å². The molecule has 0 saturated carbocycles. The van der Waals surface area contributed by atoms with Crippen LogP contribution >= 0.6 is 0 Å². The van der Waals surface area contributed by atoms with E-state index in [9.17, 15) is 9.59 Å². The van der Waals surface area contributed by atoms with E-state index in [2.05, 4.69) is 16.6 Å². The van der Waals surface area contributed by atoms with E-state index in [1.165, 1.54) is 21.1 Å². The van der Waals surface area contributed by atoms with Crippen molar-refractivity contribution in [3.63, 3.8) is 0 Å². The normalized spacial score (nSPS) is 8.88. The molecule has 0 spiro atoms. The molecule has 0 saturated heterocycles. The number of ketones is 1. The third kappa shape index (κ3) is 3.35. The van der Waals surface area contributed by atoms with E-state index in [1.54, 1.807) is 18.2 Å². The summed E-state index contributed by atoms with van der Waals surface area (Å²) in [7, 11) is 2.74. The molecule has 0 fully saturated rings. The summed E-state index contributed by atoms with van der Waals surface area (Å²) in [4.78, 5) is 22.1. The minimum Gasteiger partial charge on any atom is -0.495 e. The summed E-state index contributed by atoms with van der Waals surface area (Å²) < 4.78 is 9.48. The summed E-state index contributed by atoms with van der Waals surface area (Å²) in [5, 5.41) is 0. The number of rotatable bonds is 2. The molecule has 1 aromatic rings. The molecule has 0 aromatic heterocycles. The van der Waals surface area contributed by atoms with Gasteiger partial charge in [-0.1, -0.05) is 5.92 Å². The van der Waals surface area contributed by atoms with Crippen LogP contribution in [0, 0.1) is 11.8 Å². The molecule has 0 aliphatic heterocycles. The quantitative estimate of drug-likeness (QED) is 0.439. The molecule has 0 unspecified atom stereocenters. The molecule has 0 radical (unpaired) electrons. The number of carbonyl (C=O) groups excluding carboxylic acids is 2. The van der Waals surface area contributed by atoms with Gasteiger partial charge in [-0.3, -0.25) is 4.79 Å². The van der Waals surface area contributed by atoms with Gasteiger partial charge in [-0.05, 0) is 25.1 Å². The van der Waals surface area contributed by atoms with Crippen LogP contribution in [0.4, 0.5) is 0 Å². The van der Waals surface area contributed by atoms with Crippen LogP contribution < -0.4 is 4.74 Å². The summed E-state index contributed by atoms with van der Waals surface area (Å²) in [6.07, 6.45) is 0. The Balaban J connectivity index is 3.17. The Kier molecular flexibility index (Phi) is 4.29. The molecule has 0 N–H and O–H groups in total. The molecule has 17 heavy (non-hydrogen) atoms. The van der Waals surface area contributed by atoms with Gasteiger partial charge in [0.1, 0.15) is 5.75 Å². The van der Waals surface area contributed by atoms with Gasteiger partial charge in [-0.2, -0.15) is 0 Å². The minimum absolute atomic E-state index is 0.0752. The largest absolute Gasteiger partial charge is 0.495 e. The van der Waals surface area contributed by atoms with Crippen LogP contribution in [-0.4, -0.2) is 26.0 Å². The molecule has 1 rings (SSSR count). The second kappa shape index (κ2) is 5.71. The molecule has 1 aromatic carbocycles. The SMILES string of the molecule is COC(=O)C#Cc1cc(C(C)=O)ccc1OC. The number of benzene rings is 1. The average Bonchev–Trinajstić information content (AvgIpc) is 2.35. The van der Waals surface area contributed by atoms with Gasteiger partial charge in [0.25, 0.3) is 0 Å². The molecular formula is C13H12O4. The summed E-state index contributed by atoms with van der Waals surface area (Å²) in [6.45, 7) is 1.46. The molecular weight excluding hydrogens is 220 g/mol. The predicted octanol–water partition coefficient (Wildman–Crippen LogP) is 1.42. The maximum absolute atomic E-state index is 11.2. The zero-order valence-electron chi connectivity index (χ0n) is 9.87. The van der Waals surface area contributed by atoms with Crippen LogP contribution in [0.5, 0.6) is 5.75 Å². The smallest absolute Gasteiger partial charge is 0.384 e. The van der Waals surface area contributed by atoms with Gasteiger partial charge in [-0.25, -0.2) is 4.79 Å². The van der Waals surface area contributed by atoms with Crippen LogP contribution in [0.3, 0.4) is 0 Å². The first-order valence-electron chi connectivity index (χ1n) is 4.87. The highest BCUT2D eigenvalue weighted by molar-refractivity contribution is 5.95. The van der Waals surface area contributed by atoms with Crippen LogP contribution in [0.2, 0.25) is 0 Å². The Labute approximate surface area is 99.5 Å². The third-order valence-corrected chi connectivity index (χ3v) is 2.09. The zero-order valence-corrected chi connectivity index (χ0v) is 9.87. The highest BCUT2D eigenvalue weighted by atomic mass is 16.5. The maximum Gasteiger partial charge on any atom is 0.384 e. The lowest BCUT2D eigenvalue weighted by atomic mass is 10.1. The summed E-state index contributed by atoms with van der Waals surface area (Å²) in [6, 6.07) is 4.86. The van der Waals surface area contributed by atoms with E-state index in [-0.39, 0.29) is 5.78 Å². The Hall–Kier alpha value is -2.28. The van der Waals surface area contributed by atoms with Crippen molar-refractivity contribution in [1.29, 1.82) is 0 Å². The van der Waals surface area contributed by atoms with E-state index in [0.717, 1.165) is 0 Å². The van der Waals surface area contributed by atoms with Crippen LogP contribution in [0.25, 0.3) is 0 Å². The molecule has 4 heteroatoms. The molecule has 0 heterocycles. The van der Waals surface area contributed by atoms with Gasteiger partial charge in [-0.15, -0.1) is 0 Å². The first kappa shape index (κ1) is 12.8. The lowest BCUT2D eigenvalue weighted by Gasteiger charge is -2.04. The van der Waals surface area contributed by atoms with Crippen molar-refractivity contribution in [2.45, 2.75) is 6.92 Å². The second-order valence-corrected chi connectivity index (χ2v) is 3.21. The second-order valence-electron chi connectivity index (χ2n) is 3.21. The molecule has 88 valence electrons. The number of ether oxygens (including phenoxy) is 2. The minimum atomic E-state index is -0.639. The maximum atomic E-state index is 11.2.